The van der Waals surface area contributed by atoms with Crippen molar-refractivity contribution in [2.45, 2.75) is 26.8 Å². The van der Waals surface area contributed by atoms with E-state index in [4.69, 9.17) is 4.74 Å². The Morgan fingerprint density at radius 3 is 2.94 bits per heavy atom. The quantitative estimate of drug-likeness (QED) is 0.795. The van der Waals surface area contributed by atoms with Crippen LogP contribution in [0.4, 0.5) is 0 Å². The average Bonchev–Trinajstić information content (AvgIpc) is 2.63. The van der Waals surface area contributed by atoms with Gasteiger partial charge in [-0.3, -0.25) is 0 Å². The third-order valence-electron chi connectivity index (χ3n) is 2.69. The Hall–Kier alpha value is -1.42. The predicted octanol–water partition coefficient (Wildman–Crippen LogP) is 2.28. The van der Waals surface area contributed by atoms with E-state index in [9.17, 15) is 0 Å². The molecule has 2 aromatic heterocycles. The fourth-order valence-electron chi connectivity index (χ4n) is 1.94. The minimum absolute atomic E-state index is 0.591. The van der Waals surface area contributed by atoms with E-state index in [2.05, 4.69) is 28.4 Å². The number of pyridine rings is 1. The van der Waals surface area contributed by atoms with Crippen molar-refractivity contribution in [3.8, 4) is 0 Å². The molecule has 2 heterocycles. The molecule has 0 fully saturated rings. The van der Waals surface area contributed by atoms with Crippen molar-refractivity contribution in [1.82, 2.24) is 14.5 Å². The van der Waals surface area contributed by atoms with Crippen molar-refractivity contribution in [3.05, 3.63) is 24.2 Å². The standard InChI is InChI=1S/C13H19N3O/c1-10(2)9-12-15-11-5-4-6-14-13(11)16(12)7-8-17-3/h4-6,10H,7-9H2,1-3H3. The van der Waals surface area contributed by atoms with Crippen molar-refractivity contribution >= 4 is 11.2 Å². The molecule has 0 aliphatic carbocycles. The minimum Gasteiger partial charge on any atom is -0.383 e. The van der Waals surface area contributed by atoms with Crippen LogP contribution in [0.15, 0.2) is 18.3 Å². The van der Waals surface area contributed by atoms with Crippen LogP contribution in [0.3, 0.4) is 0 Å². The largest absolute Gasteiger partial charge is 0.383 e. The number of ether oxygens (including phenoxy) is 1. The monoisotopic (exact) mass is 233 g/mol. The first-order chi connectivity index (χ1) is 8.22. The topological polar surface area (TPSA) is 39.9 Å². The molecule has 92 valence electrons. The van der Waals surface area contributed by atoms with Gasteiger partial charge in [0.1, 0.15) is 11.3 Å². The smallest absolute Gasteiger partial charge is 0.160 e. The summed E-state index contributed by atoms with van der Waals surface area (Å²) in [6.07, 6.45) is 2.78. The Morgan fingerprint density at radius 1 is 1.41 bits per heavy atom. The molecule has 0 aliphatic heterocycles. The zero-order chi connectivity index (χ0) is 12.3. The average molecular weight is 233 g/mol. The maximum atomic E-state index is 5.15. The summed E-state index contributed by atoms with van der Waals surface area (Å²) in [6, 6.07) is 3.94. The summed E-state index contributed by atoms with van der Waals surface area (Å²) in [5.74, 6) is 1.69. The van der Waals surface area contributed by atoms with E-state index in [0.29, 0.717) is 12.5 Å². The Balaban J connectivity index is 2.41. The SMILES string of the molecule is COCCn1c(CC(C)C)nc2cccnc21. The van der Waals surface area contributed by atoms with Crippen LogP contribution in [0.1, 0.15) is 19.7 Å². The molecule has 0 N–H and O–H groups in total. The first-order valence-electron chi connectivity index (χ1n) is 6.01. The van der Waals surface area contributed by atoms with Crippen molar-refractivity contribution < 1.29 is 4.74 Å². The molecule has 0 radical (unpaired) electrons. The van der Waals surface area contributed by atoms with Crippen LogP contribution in [0.25, 0.3) is 11.2 Å². The van der Waals surface area contributed by atoms with E-state index in [1.807, 2.05) is 18.3 Å². The summed E-state index contributed by atoms with van der Waals surface area (Å²) in [5.41, 5.74) is 1.93. The van der Waals surface area contributed by atoms with Gasteiger partial charge in [0.25, 0.3) is 0 Å². The number of hydrogen-bond donors (Lipinski definition) is 0. The fourth-order valence-corrected chi connectivity index (χ4v) is 1.94. The molecule has 0 unspecified atom stereocenters. The van der Waals surface area contributed by atoms with E-state index in [0.717, 1.165) is 30.0 Å². The number of aromatic nitrogens is 3. The number of fused-ring (bicyclic) bond motifs is 1. The van der Waals surface area contributed by atoms with Gasteiger partial charge in [-0.05, 0) is 18.1 Å². The molecule has 0 saturated heterocycles. The van der Waals surface area contributed by atoms with E-state index < -0.39 is 0 Å². The fraction of sp³-hybridized carbons (Fsp3) is 0.538. The molecule has 0 bridgehead atoms. The van der Waals surface area contributed by atoms with E-state index in [1.165, 1.54) is 0 Å². The molecule has 0 spiro atoms. The summed E-state index contributed by atoms with van der Waals surface area (Å²) >= 11 is 0. The lowest BCUT2D eigenvalue weighted by molar-refractivity contribution is 0.187. The van der Waals surface area contributed by atoms with Crippen molar-refractivity contribution in [3.63, 3.8) is 0 Å². The van der Waals surface area contributed by atoms with Crippen LogP contribution >= 0.6 is 0 Å². The third-order valence-corrected chi connectivity index (χ3v) is 2.69. The zero-order valence-electron chi connectivity index (χ0n) is 10.7. The highest BCUT2D eigenvalue weighted by molar-refractivity contribution is 5.71. The molecule has 0 aromatic carbocycles. The molecule has 0 atom stereocenters. The molecular formula is C13H19N3O. The molecule has 0 amide bonds. The van der Waals surface area contributed by atoms with Crippen LogP contribution in [0, 0.1) is 5.92 Å². The Labute approximate surface area is 102 Å². The Morgan fingerprint density at radius 2 is 2.24 bits per heavy atom. The predicted molar refractivity (Wildman–Crippen MR) is 67.9 cm³/mol. The lowest BCUT2D eigenvalue weighted by atomic mass is 10.1. The van der Waals surface area contributed by atoms with E-state index in [-0.39, 0.29) is 0 Å². The first-order valence-corrected chi connectivity index (χ1v) is 6.01. The number of nitrogens with zero attached hydrogens (tertiary/aromatic N) is 3. The van der Waals surface area contributed by atoms with Gasteiger partial charge in [0.2, 0.25) is 0 Å². The highest BCUT2D eigenvalue weighted by Crippen LogP contribution is 2.16. The van der Waals surface area contributed by atoms with Crippen molar-refractivity contribution in [2.75, 3.05) is 13.7 Å². The van der Waals surface area contributed by atoms with Crippen molar-refractivity contribution in [2.24, 2.45) is 5.92 Å². The molecular weight excluding hydrogens is 214 g/mol. The second kappa shape index (κ2) is 5.27. The van der Waals surface area contributed by atoms with Gasteiger partial charge in [-0.2, -0.15) is 0 Å². The lowest BCUT2D eigenvalue weighted by Crippen LogP contribution is -2.10. The summed E-state index contributed by atoms with van der Waals surface area (Å²) < 4.78 is 7.31. The second-order valence-electron chi connectivity index (χ2n) is 4.62. The van der Waals surface area contributed by atoms with E-state index in [1.54, 1.807) is 7.11 Å². The first kappa shape index (κ1) is 12.0. The van der Waals surface area contributed by atoms with Gasteiger partial charge in [0.15, 0.2) is 5.65 Å². The highest BCUT2D eigenvalue weighted by atomic mass is 16.5. The Kier molecular flexibility index (Phi) is 3.74. The number of methoxy groups -OCH3 is 1. The second-order valence-corrected chi connectivity index (χ2v) is 4.62. The summed E-state index contributed by atoms with van der Waals surface area (Å²) in [5, 5.41) is 0. The van der Waals surface area contributed by atoms with E-state index >= 15 is 0 Å². The van der Waals surface area contributed by atoms with Gasteiger partial charge >= 0.3 is 0 Å². The number of imidazole rings is 1. The van der Waals surface area contributed by atoms with Gasteiger partial charge in [0, 0.05) is 26.3 Å². The maximum Gasteiger partial charge on any atom is 0.160 e. The lowest BCUT2D eigenvalue weighted by Gasteiger charge is -2.09. The zero-order valence-corrected chi connectivity index (χ0v) is 10.7. The summed E-state index contributed by atoms with van der Waals surface area (Å²) in [4.78, 5) is 9.06. The van der Waals surface area contributed by atoms with Crippen molar-refractivity contribution in [1.29, 1.82) is 0 Å². The van der Waals surface area contributed by atoms with Gasteiger partial charge in [-0.1, -0.05) is 13.8 Å². The molecule has 2 aromatic rings. The number of rotatable bonds is 5. The highest BCUT2D eigenvalue weighted by Gasteiger charge is 2.12. The van der Waals surface area contributed by atoms with Gasteiger partial charge < -0.3 is 9.30 Å². The maximum absolute atomic E-state index is 5.15. The van der Waals surface area contributed by atoms with Gasteiger partial charge in [-0.25, -0.2) is 9.97 Å². The van der Waals surface area contributed by atoms with Crippen LogP contribution in [0.5, 0.6) is 0 Å². The minimum atomic E-state index is 0.591. The Bertz CT molecular complexity index is 490. The molecule has 2 rings (SSSR count). The molecule has 4 heteroatoms. The van der Waals surface area contributed by atoms with Crippen LogP contribution in [-0.2, 0) is 17.7 Å². The van der Waals surface area contributed by atoms with Gasteiger partial charge in [0.05, 0.1) is 6.61 Å². The molecule has 0 saturated carbocycles. The normalized spacial score (nSPS) is 11.5. The summed E-state index contributed by atoms with van der Waals surface area (Å²) in [6.45, 7) is 5.90. The third kappa shape index (κ3) is 2.64. The van der Waals surface area contributed by atoms with Gasteiger partial charge in [-0.15, -0.1) is 0 Å². The number of hydrogen-bond acceptors (Lipinski definition) is 3. The molecule has 0 aliphatic rings. The van der Waals surface area contributed by atoms with Crippen LogP contribution in [0.2, 0.25) is 0 Å². The summed E-state index contributed by atoms with van der Waals surface area (Å²) in [7, 11) is 1.72. The molecule has 4 nitrogen and oxygen atoms in total. The van der Waals surface area contributed by atoms with Crippen LogP contribution < -0.4 is 0 Å². The molecule has 17 heavy (non-hydrogen) atoms. The van der Waals surface area contributed by atoms with Crippen LogP contribution in [-0.4, -0.2) is 28.3 Å².